The molecule has 3 N–H and O–H groups in total. The fraction of sp³-hybridized carbons (Fsp3) is 0.533. The lowest BCUT2D eigenvalue weighted by molar-refractivity contribution is -0.140. The topological polar surface area (TPSA) is 72.5 Å². The van der Waals surface area contributed by atoms with E-state index < -0.39 is 11.9 Å². The minimum absolute atomic E-state index is 0.159. The van der Waals surface area contributed by atoms with E-state index in [9.17, 15) is 9.90 Å². The molecule has 0 bridgehead atoms. The fourth-order valence-electron chi connectivity index (χ4n) is 3.17. The van der Waals surface area contributed by atoms with E-state index in [-0.39, 0.29) is 5.92 Å². The maximum Gasteiger partial charge on any atom is 0.311 e. The molecule has 4 heteroatoms. The molecule has 19 heavy (non-hydrogen) atoms. The van der Waals surface area contributed by atoms with Crippen LogP contribution in [0.1, 0.15) is 37.7 Å². The molecule has 104 valence electrons. The van der Waals surface area contributed by atoms with Crippen molar-refractivity contribution in [1.29, 1.82) is 0 Å². The van der Waals surface area contributed by atoms with Crippen LogP contribution in [0.15, 0.2) is 18.2 Å². The molecule has 1 saturated carbocycles. The highest BCUT2D eigenvalue weighted by molar-refractivity contribution is 5.79. The first-order valence-corrected chi connectivity index (χ1v) is 6.70. The molecule has 1 aromatic rings. The van der Waals surface area contributed by atoms with Crippen molar-refractivity contribution in [2.45, 2.75) is 32.1 Å². The summed E-state index contributed by atoms with van der Waals surface area (Å²) in [5, 5.41) is 9.60. The van der Waals surface area contributed by atoms with Gasteiger partial charge in [-0.25, -0.2) is 0 Å². The molecule has 0 spiro atoms. The molecule has 1 fully saturated rings. The number of nitrogens with two attached hydrogens (primary N) is 1. The standard InChI is InChI=1S/C15H21NO3/c1-9-4-3-5-11(9)14(15(17)18)12-8-10(19-2)6-7-13(12)16/h6-9,11,14H,3-5,16H2,1-2H3,(H,17,18). The minimum Gasteiger partial charge on any atom is -0.497 e. The Morgan fingerprint density at radius 1 is 1.47 bits per heavy atom. The van der Waals surface area contributed by atoms with Gasteiger partial charge in [-0.15, -0.1) is 0 Å². The van der Waals surface area contributed by atoms with Crippen LogP contribution in [0.3, 0.4) is 0 Å². The summed E-state index contributed by atoms with van der Waals surface area (Å²) in [6.07, 6.45) is 3.15. The van der Waals surface area contributed by atoms with Crippen LogP contribution >= 0.6 is 0 Å². The Morgan fingerprint density at radius 2 is 2.21 bits per heavy atom. The normalized spacial score (nSPS) is 24.1. The third kappa shape index (κ3) is 2.67. The Labute approximate surface area is 113 Å². The van der Waals surface area contributed by atoms with Gasteiger partial charge in [0.2, 0.25) is 0 Å². The van der Waals surface area contributed by atoms with Gasteiger partial charge in [-0.1, -0.05) is 19.8 Å². The Bertz CT molecular complexity index is 472. The van der Waals surface area contributed by atoms with Crippen molar-refractivity contribution in [3.8, 4) is 5.75 Å². The minimum atomic E-state index is -0.793. The van der Waals surface area contributed by atoms with Gasteiger partial charge in [-0.3, -0.25) is 4.79 Å². The predicted octanol–water partition coefficient (Wildman–Crippen LogP) is 2.88. The van der Waals surface area contributed by atoms with Crippen LogP contribution in [-0.4, -0.2) is 18.2 Å². The first-order chi connectivity index (χ1) is 9.04. The van der Waals surface area contributed by atoms with E-state index in [4.69, 9.17) is 10.5 Å². The second-order valence-electron chi connectivity index (χ2n) is 5.38. The van der Waals surface area contributed by atoms with E-state index in [0.717, 1.165) is 19.3 Å². The second kappa shape index (κ2) is 5.51. The maximum absolute atomic E-state index is 11.7. The van der Waals surface area contributed by atoms with Crippen LogP contribution in [0, 0.1) is 11.8 Å². The molecule has 1 aliphatic carbocycles. The molecule has 3 atom stereocenters. The summed E-state index contributed by atoms with van der Waals surface area (Å²) < 4.78 is 5.18. The number of rotatable bonds is 4. The number of nitrogen functional groups attached to an aromatic ring is 1. The zero-order valence-electron chi connectivity index (χ0n) is 11.4. The summed E-state index contributed by atoms with van der Waals surface area (Å²) in [6.45, 7) is 2.13. The molecule has 0 heterocycles. The highest BCUT2D eigenvalue weighted by Crippen LogP contribution is 2.43. The number of aliphatic carboxylic acids is 1. The number of anilines is 1. The molecular weight excluding hydrogens is 242 g/mol. The molecule has 0 saturated heterocycles. The van der Waals surface area contributed by atoms with Gasteiger partial charge in [0.1, 0.15) is 5.75 Å². The number of hydrogen-bond donors (Lipinski definition) is 2. The van der Waals surface area contributed by atoms with Gasteiger partial charge in [-0.05, 0) is 42.0 Å². The van der Waals surface area contributed by atoms with E-state index in [0.29, 0.717) is 22.9 Å². The van der Waals surface area contributed by atoms with Crippen LogP contribution in [0.25, 0.3) is 0 Å². The van der Waals surface area contributed by atoms with E-state index in [2.05, 4.69) is 6.92 Å². The smallest absolute Gasteiger partial charge is 0.311 e. The molecule has 1 aromatic carbocycles. The average molecular weight is 263 g/mol. The highest BCUT2D eigenvalue weighted by Gasteiger charge is 2.37. The fourth-order valence-corrected chi connectivity index (χ4v) is 3.17. The summed E-state index contributed by atoms with van der Waals surface area (Å²) in [6, 6.07) is 5.25. The molecular formula is C15H21NO3. The largest absolute Gasteiger partial charge is 0.497 e. The van der Waals surface area contributed by atoms with Crippen molar-refractivity contribution in [1.82, 2.24) is 0 Å². The predicted molar refractivity (Wildman–Crippen MR) is 74.3 cm³/mol. The van der Waals surface area contributed by atoms with E-state index in [1.165, 1.54) is 0 Å². The summed E-state index contributed by atoms with van der Waals surface area (Å²) in [5.74, 6) is -0.0917. The third-order valence-electron chi connectivity index (χ3n) is 4.25. The maximum atomic E-state index is 11.7. The van der Waals surface area contributed by atoms with Crippen LogP contribution < -0.4 is 10.5 Å². The van der Waals surface area contributed by atoms with Crippen molar-refractivity contribution in [2.75, 3.05) is 12.8 Å². The number of hydrogen-bond acceptors (Lipinski definition) is 3. The molecule has 3 unspecified atom stereocenters. The van der Waals surface area contributed by atoms with Crippen LogP contribution in [0.4, 0.5) is 5.69 Å². The SMILES string of the molecule is COc1ccc(N)c(C(C(=O)O)C2CCCC2C)c1. The number of carboxylic acid groups (broad SMARTS) is 1. The summed E-state index contributed by atoms with van der Waals surface area (Å²) in [7, 11) is 1.57. The van der Waals surface area contributed by atoms with Crippen molar-refractivity contribution < 1.29 is 14.6 Å². The first kappa shape index (κ1) is 13.7. The molecule has 4 nitrogen and oxygen atoms in total. The molecule has 1 aliphatic rings. The van der Waals surface area contributed by atoms with E-state index in [1.807, 2.05) is 0 Å². The number of carboxylic acids is 1. The second-order valence-corrected chi connectivity index (χ2v) is 5.38. The zero-order chi connectivity index (χ0) is 14.0. The van der Waals surface area contributed by atoms with Gasteiger partial charge in [0, 0.05) is 5.69 Å². The number of carbonyl (C=O) groups is 1. The van der Waals surface area contributed by atoms with Gasteiger partial charge in [0.25, 0.3) is 0 Å². The molecule has 2 rings (SSSR count). The monoisotopic (exact) mass is 263 g/mol. The Balaban J connectivity index is 2.41. The molecule has 0 amide bonds. The van der Waals surface area contributed by atoms with Crippen LogP contribution in [0.2, 0.25) is 0 Å². The van der Waals surface area contributed by atoms with Gasteiger partial charge >= 0.3 is 5.97 Å². The van der Waals surface area contributed by atoms with Gasteiger partial charge < -0.3 is 15.6 Å². The lowest BCUT2D eigenvalue weighted by Crippen LogP contribution is -2.24. The third-order valence-corrected chi connectivity index (χ3v) is 4.25. The quantitative estimate of drug-likeness (QED) is 0.819. The Morgan fingerprint density at radius 3 is 2.74 bits per heavy atom. The highest BCUT2D eigenvalue weighted by atomic mass is 16.5. The summed E-state index contributed by atoms with van der Waals surface area (Å²) in [4.78, 5) is 11.7. The summed E-state index contributed by atoms with van der Waals surface area (Å²) >= 11 is 0. The lowest BCUT2D eigenvalue weighted by Gasteiger charge is -2.25. The Hall–Kier alpha value is -1.71. The Kier molecular flexibility index (Phi) is 3.98. The lowest BCUT2D eigenvalue weighted by atomic mass is 9.79. The van der Waals surface area contributed by atoms with Crippen molar-refractivity contribution in [3.63, 3.8) is 0 Å². The van der Waals surface area contributed by atoms with E-state index in [1.54, 1.807) is 25.3 Å². The van der Waals surface area contributed by atoms with Crippen LogP contribution in [0.5, 0.6) is 5.75 Å². The number of methoxy groups -OCH3 is 1. The van der Waals surface area contributed by atoms with Crippen LogP contribution in [-0.2, 0) is 4.79 Å². The van der Waals surface area contributed by atoms with Gasteiger partial charge in [0.05, 0.1) is 13.0 Å². The van der Waals surface area contributed by atoms with Crippen molar-refractivity contribution in [3.05, 3.63) is 23.8 Å². The molecule has 0 aliphatic heterocycles. The molecule has 0 aromatic heterocycles. The zero-order valence-corrected chi connectivity index (χ0v) is 11.4. The van der Waals surface area contributed by atoms with Gasteiger partial charge in [0.15, 0.2) is 0 Å². The first-order valence-electron chi connectivity index (χ1n) is 6.70. The van der Waals surface area contributed by atoms with Gasteiger partial charge in [-0.2, -0.15) is 0 Å². The number of ether oxygens (including phenoxy) is 1. The molecule has 0 radical (unpaired) electrons. The van der Waals surface area contributed by atoms with E-state index >= 15 is 0 Å². The van der Waals surface area contributed by atoms with Crippen molar-refractivity contribution >= 4 is 11.7 Å². The number of benzene rings is 1. The average Bonchev–Trinajstić information content (AvgIpc) is 2.78. The van der Waals surface area contributed by atoms with Crippen molar-refractivity contribution in [2.24, 2.45) is 11.8 Å². The summed E-state index contributed by atoms with van der Waals surface area (Å²) in [5.41, 5.74) is 7.20.